The van der Waals surface area contributed by atoms with Gasteiger partial charge in [-0.1, -0.05) is 0 Å². The van der Waals surface area contributed by atoms with E-state index in [2.05, 4.69) is 5.32 Å². The molecule has 20 heavy (non-hydrogen) atoms. The van der Waals surface area contributed by atoms with Gasteiger partial charge in [-0.2, -0.15) is 11.8 Å². The molecule has 1 fully saturated rings. The van der Waals surface area contributed by atoms with E-state index in [1.54, 1.807) is 18.9 Å². The third kappa shape index (κ3) is 3.27. The summed E-state index contributed by atoms with van der Waals surface area (Å²) in [4.78, 5) is 24.6. The summed E-state index contributed by atoms with van der Waals surface area (Å²) < 4.78 is 5.31. The quantitative estimate of drug-likeness (QED) is 0.887. The standard InChI is InChI=1S/C13H18N2O4S/c1-8-11(12(16)17)5-10(19-8)6-14-13(18)15(2)9-3-4-20-7-9/h5,9H,3-4,6-7H2,1-2H3,(H,14,18)(H,16,17). The Balaban J connectivity index is 1.89. The average molecular weight is 298 g/mol. The highest BCUT2D eigenvalue weighted by Crippen LogP contribution is 2.21. The number of amides is 2. The summed E-state index contributed by atoms with van der Waals surface area (Å²) in [6.45, 7) is 1.79. The van der Waals surface area contributed by atoms with Crippen LogP contribution in [0.15, 0.2) is 10.5 Å². The minimum Gasteiger partial charge on any atom is -0.478 e. The zero-order valence-corrected chi connectivity index (χ0v) is 12.3. The maximum atomic E-state index is 12.0. The number of hydrogen-bond donors (Lipinski definition) is 2. The van der Waals surface area contributed by atoms with Crippen LogP contribution in [0.3, 0.4) is 0 Å². The molecule has 2 amide bonds. The number of aromatic carboxylic acids is 1. The molecule has 2 N–H and O–H groups in total. The van der Waals surface area contributed by atoms with Crippen molar-refractivity contribution < 1.29 is 19.1 Å². The monoisotopic (exact) mass is 298 g/mol. The number of nitrogens with one attached hydrogen (secondary N) is 1. The number of hydrogen-bond acceptors (Lipinski definition) is 4. The molecule has 110 valence electrons. The molecule has 1 aliphatic rings. The summed E-state index contributed by atoms with van der Waals surface area (Å²) in [5.74, 6) is 1.82. The Morgan fingerprint density at radius 3 is 2.90 bits per heavy atom. The Hall–Kier alpha value is -1.63. The van der Waals surface area contributed by atoms with Gasteiger partial charge in [0, 0.05) is 18.8 Å². The van der Waals surface area contributed by atoms with Crippen LogP contribution in [0.4, 0.5) is 4.79 Å². The van der Waals surface area contributed by atoms with Crippen LogP contribution in [0.2, 0.25) is 0 Å². The highest BCUT2D eigenvalue weighted by Gasteiger charge is 2.24. The van der Waals surface area contributed by atoms with E-state index in [-0.39, 0.29) is 24.2 Å². The molecule has 0 saturated carbocycles. The Morgan fingerprint density at radius 1 is 1.60 bits per heavy atom. The Bertz CT molecular complexity index is 508. The Morgan fingerprint density at radius 2 is 2.35 bits per heavy atom. The van der Waals surface area contributed by atoms with Crippen molar-refractivity contribution in [3.05, 3.63) is 23.2 Å². The average Bonchev–Trinajstić information content (AvgIpc) is 3.04. The lowest BCUT2D eigenvalue weighted by atomic mass is 10.2. The molecule has 2 heterocycles. The molecule has 1 aliphatic heterocycles. The van der Waals surface area contributed by atoms with Gasteiger partial charge >= 0.3 is 12.0 Å². The van der Waals surface area contributed by atoms with Crippen molar-refractivity contribution in [2.24, 2.45) is 0 Å². The van der Waals surface area contributed by atoms with Gasteiger partial charge in [0.1, 0.15) is 17.1 Å². The lowest BCUT2D eigenvalue weighted by Crippen LogP contribution is -2.43. The number of thioether (sulfide) groups is 1. The fourth-order valence-corrected chi connectivity index (χ4v) is 3.39. The van der Waals surface area contributed by atoms with E-state index in [0.29, 0.717) is 11.5 Å². The smallest absolute Gasteiger partial charge is 0.339 e. The van der Waals surface area contributed by atoms with Crippen LogP contribution in [-0.4, -0.2) is 46.6 Å². The molecule has 6 nitrogen and oxygen atoms in total. The predicted octanol–water partition coefficient (Wildman–Crippen LogP) is 1.93. The van der Waals surface area contributed by atoms with Crippen LogP contribution in [-0.2, 0) is 6.54 Å². The van der Waals surface area contributed by atoms with E-state index in [0.717, 1.165) is 17.9 Å². The van der Waals surface area contributed by atoms with E-state index < -0.39 is 5.97 Å². The number of furan rings is 1. The van der Waals surface area contributed by atoms with Crippen LogP contribution in [0, 0.1) is 6.92 Å². The van der Waals surface area contributed by atoms with Gasteiger partial charge in [-0.3, -0.25) is 0 Å². The molecule has 7 heteroatoms. The number of carbonyl (C=O) groups excluding carboxylic acids is 1. The number of carboxylic acids is 1. The van der Waals surface area contributed by atoms with Crippen LogP contribution in [0.1, 0.15) is 28.3 Å². The van der Waals surface area contributed by atoms with Crippen molar-refractivity contribution in [3.8, 4) is 0 Å². The highest BCUT2D eigenvalue weighted by atomic mass is 32.2. The maximum Gasteiger partial charge on any atom is 0.339 e. The number of nitrogens with zero attached hydrogens (tertiary/aromatic N) is 1. The van der Waals surface area contributed by atoms with Gasteiger partial charge in [0.15, 0.2) is 0 Å². The second kappa shape index (κ2) is 6.21. The summed E-state index contributed by atoms with van der Waals surface area (Å²) in [5, 5.41) is 11.7. The first-order valence-corrected chi connectivity index (χ1v) is 7.55. The van der Waals surface area contributed by atoms with Crippen LogP contribution in [0.5, 0.6) is 0 Å². The lowest BCUT2D eigenvalue weighted by molar-refractivity contribution is 0.0695. The number of carboxylic acid groups (broad SMARTS) is 1. The Labute approximate surface area is 121 Å². The normalized spacial score (nSPS) is 18.0. The fraction of sp³-hybridized carbons (Fsp3) is 0.538. The van der Waals surface area contributed by atoms with E-state index in [4.69, 9.17) is 9.52 Å². The van der Waals surface area contributed by atoms with E-state index in [1.807, 2.05) is 11.8 Å². The van der Waals surface area contributed by atoms with Gasteiger partial charge in [-0.25, -0.2) is 9.59 Å². The molecule has 1 saturated heterocycles. The minimum absolute atomic E-state index is 0.134. The fourth-order valence-electron chi connectivity index (χ4n) is 2.12. The van der Waals surface area contributed by atoms with Crippen molar-refractivity contribution in [3.63, 3.8) is 0 Å². The van der Waals surface area contributed by atoms with Crippen molar-refractivity contribution in [1.82, 2.24) is 10.2 Å². The topological polar surface area (TPSA) is 82.8 Å². The highest BCUT2D eigenvalue weighted by molar-refractivity contribution is 7.99. The molecule has 0 radical (unpaired) electrons. The first kappa shape index (κ1) is 14.8. The van der Waals surface area contributed by atoms with E-state index >= 15 is 0 Å². The molecule has 0 aromatic carbocycles. The molecule has 0 spiro atoms. The molecular formula is C13H18N2O4S. The van der Waals surface area contributed by atoms with Crippen LogP contribution in [0.25, 0.3) is 0 Å². The van der Waals surface area contributed by atoms with Gasteiger partial charge in [-0.05, 0) is 25.2 Å². The first-order valence-electron chi connectivity index (χ1n) is 6.40. The van der Waals surface area contributed by atoms with E-state index in [1.165, 1.54) is 6.07 Å². The number of urea groups is 1. The van der Waals surface area contributed by atoms with Gasteiger partial charge in [-0.15, -0.1) is 0 Å². The van der Waals surface area contributed by atoms with Crippen LogP contribution >= 0.6 is 11.8 Å². The predicted molar refractivity (Wildman–Crippen MR) is 76.1 cm³/mol. The number of rotatable bonds is 4. The molecular weight excluding hydrogens is 280 g/mol. The van der Waals surface area contributed by atoms with Crippen molar-refractivity contribution in [2.75, 3.05) is 18.6 Å². The van der Waals surface area contributed by atoms with Crippen molar-refractivity contribution in [2.45, 2.75) is 25.9 Å². The second-order valence-corrected chi connectivity index (χ2v) is 5.92. The summed E-state index contributed by atoms with van der Waals surface area (Å²) in [6, 6.07) is 1.56. The van der Waals surface area contributed by atoms with Gasteiger partial charge in [0.25, 0.3) is 0 Å². The summed E-state index contributed by atoms with van der Waals surface area (Å²) >= 11 is 1.85. The lowest BCUT2D eigenvalue weighted by Gasteiger charge is -2.23. The van der Waals surface area contributed by atoms with Crippen LogP contribution < -0.4 is 5.32 Å². The zero-order chi connectivity index (χ0) is 14.7. The summed E-state index contributed by atoms with van der Waals surface area (Å²) in [6.07, 6.45) is 1.01. The molecule has 2 rings (SSSR count). The molecule has 1 unspecified atom stereocenters. The SMILES string of the molecule is Cc1oc(CNC(=O)N(C)C2CCSC2)cc1C(=O)O. The van der Waals surface area contributed by atoms with Gasteiger partial charge < -0.3 is 19.7 Å². The minimum atomic E-state index is -1.02. The zero-order valence-electron chi connectivity index (χ0n) is 11.5. The van der Waals surface area contributed by atoms with Crippen molar-refractivity contribution >= 4 is 23.8 Å². The number of aryl methyl sites for hydroxylation is 1. The first-order chi connectivity index (χ1) is 9.49. The largest absolute Gasteiger partial charge is 0.478 e. The molecule has 1 aromatic heterocycles. The van der Waals surface area contributed by atoms with Crippen molar-refractivity contribution in [1.29, 1.82) is 0 Å². The third-order valence-corrected chi connectivity index (χ3v) is 4.53. The second-order valence-electron chi connectivity index (χ2n) is 4.77. The van der Waals surface area contributed by atoms with Gasteiger partial charge in [0.05, 0.1) is 6.54 Å². The third-order valence-electron chi connectivity index (χ3n) is 3.39. The summed E-state index contributed by atoms with van der Waals surface area (Å²) in [7, 11) is 1.78. The Kier molecular flexibility index (Phi) is 4.59. The maximum absolute atomic E-state index is 12.0. The summed E-state index contributed by atoms with van der Waals surface area (Å²) in [5.41, 5.74) is 0.134. The molecule has 0 aliphatic carbocycles. The molecule has 0 bridgehead atoms. The van der Waals surface area contributed by atoms with Gasteiger partial charge in [0.2, 0.25) is 0 Å². The molecule has 1 aromatic rings. The van der Waals surface area contributed by atoms with E-state index in [9.17, 15) is 9.59 Å². The molecule has 1 atom stereocenters. The number of carbonyl (C=O) groups is 2.